The van der Waals surface area contributed by atoms with Gasteiger partial charge in [-0.2, -0.15) is 4.68 Å². The molecule has 42 heavy (non-hydrogen) atoms. The number of carbonyl (C=O) groups is 3. The van der Waals surface area contributed by atoms with Crippen LogP contribution in [-0.4, -0.2) is 60.6 Å². The summed E-state index contributed by atoms with van der Waals surface area (Å²) < 4.78 is 11.9. The van der Waals surface area contributed by atoms with Crippen molar-refractivity contribution in [3.63, 3.8) is 0 Å². The predicted molar refractivity (Wildman–Crippen MR) is 164 cm³/mol. The van der Waals surface area contributed by atoms with Crippen LogP contribution in [0.25, 0.3) is 10.2 Å². The molecular weight excluding hydrogens is 554 g/mol. The summed E-state index contributed by atoms with van der Waals surface area (Å²) in [6, 6.07) is 18.6. The van der Waals surface area contributed by atoms with Crippen molar-refractivity contribution in [3.05, 3.63) is 76.7 Å². The van der Waals surface area contributed by atoms with Gasteiger partial charge in [-0.3, -0.25) is 9.59 Å². The number of nitrogens with one attached hydrogen (secondary N) is 2. The van der Waals surface area contributed by atoms with E-state index in [1.165, 1.54) is 0 Å². The summed E-state index contributed by atoms with van der Waals surface area (Å²) in [5.74, 6) is -0.382. The van der Waals surface area contributed by atoms with Gasteiger partial charge in [0.1, 0.15) is 4.83 Å². The normalized spacial score (nSPS) is 13.8. The lowest BCUT2D eigenvalue weighted by atomic mass is 9.94. The monoisotopic (exact) mass is 589 g/mol. The third-order valence-corrected chi connectivity index (χ3v) is 8.07. The number of ether oxygens (including phenoxy) is 2. The predicted octanol–water partition coefficient (Wildman–Crippen LogP) is 5.49. The highest BCUT2D eigenvalue weighted by Gasteiger charge is 2.27. The molecule has 1 aliphatic heterocycles. The molecule has 0 spiro atoms. The molecular formula is C31H35N5O5S. The molecule has 0 aliphatic carbocycles. The van der Waals surface area contributed by atoms with E-state index < -0.39 is 11.6 Å². The van der Waals surface area contributed by atoms with Gasteiger partial charge in [0, 0.05) is 24.3 Å². The lowest BCUT2D eigenvalue weighted by molar-refractivity contribution is 0.0915. The molecule has 220 valence electrons. The van der Waals surface area contributed by atoms with Gasteiger partial charge in [-0.1, -0.05) is 44.2 Å². The number of carbonyl (C=O) groups excluding carboxylic acids is 3. The van der Waals surface area contributed by atoms with Crippen LogP contribution in [-0.2, 0) is 15.0 Å². The molecule has 2 amide bonds. The fraction of sp³-hybridized carbons (Fsp3) is 0.355. The maximum Gasteiger partial charge on any atom is 0.436 e. The summed E-state index contributed by atoms with van der Waals surface area (Å²) in [5, 5.41) is 10.8. The van der Waals surface area contributed by atoms with E-state index in [-0.39, 0.29) is 30.2 Å². The van der Waals surface area contributed by atoms with Gasteiger partial charge in [0.2, 0.25) is 0 Å². The fourth-order valence-electron chi connectivity index (χ4n) is 4.63. The van der Waals surface area contributed by atoms with Crippen molar-refractivity contribution in [2.75, 3.05) is 43.1 Å². The topological polar surface area (TPSA) is 115 Å². The van der Waals surface area contributed by atoms with E-state index in [2.05, 4.69) is 20.6 Å². The number of amides is 2. The lowest BCUT2D eigenvalue weighted by Crippen LogP contribution is -2.40. The second-order valence-corrected chi connectivity index (χ2v) is 12.1. The minimum atomic E-state index is -0.678. The SMILES string of the molecule is CC(C)COC(=O)n1nc(NC(=O)c2ccc(N3CCOCC3)cc2)c2cc(C(=O)NC(C)(C)c3ccccc3)sc21. The molecule has 0 radical (unpaired) electrons. The summed E-state index contributed by atoms with van der Waals surface area (Å²) in [4.78, 5) is 42.6. The highest BCUT2D eigenvalue weighted by molar-refractivity contribution is 7.20. The molecule has 10 nitrogen and oxygen atoms in total. The van der Waals surface area contributed by atoms with Crippen LogP contribution in [0.3, 0.4) is 0 Å². The molecule has 3 heterocycles. The molecule has 11 heteroatoms. The first-order valence-corrected chi connectivity index (χ1v) is 14.8. The van der Waals surface area contributed by atoms with Crippen molar-refractivity contribution in [2.24, 2.45) is 5.92 Å². The van der Waals surface area contributed by atoms with Crippen molar-refractivity contribution in [1.82, 2.24) is 15.1 Å². The number of anilines is 2. The molecule has 0 saturated carbocycles. The van der Waals surface area contributed by atoms with Crippen LogP contribution >= 0.6 is 11.3 Å². The minimum absolute atomic E-state index is 0.129. The Morgan fingerprint density at radius 1 is 1.02 bits per heavy atom. The van der Waals surface area contributed by atoms with Crippen molar-refractivity contribution in [1.29, 1.82) is 0 Å². The Balaban J connectivity index is 1.41. The average Bonchev–Trinajstić information content (AvgIpc) is 3.57. The number of morpholine rings is 1. The molecule has 0 atom stereocenters. The molecule has 5 rings (SSSR count). The maximum absolute atomic E-state index is 13.4. The Hall–Kier alpha value is -4.22. The van der Waals surface area contributed by atoms with Gasteiger partial charge in [-0.05, 0) is 55.7 Å². The Morgan fingerprint density at radius 2 is 1.71 bits per heavy atom. The second-order valence-electron chi connectivity index (χ2n) is 11.1. The number of rotatable bonds is 8. The first-order chi connectivity index (χ1) is 20.1. The van der Waals surface area contributed by atoms with Crippen LogP contribution in [0.4, 0.5) is 16.3 Å². The largest absolute Gasteiger partial charge is 0.448 e. The van der Waals surface area contributed by atoms with Crippen molar-refractivity contribution < 1.29 is 23.9 Å². The third kappa shape index (κ3) is 6.47. The van der Waals surface area contributed by atoms with E-state index in [0.717, 1.165) is 40.4 Å². The van der Waals surface area contributed by atoms with Gasteiger partial charge >= 0.3 is 6.09 Å². The number of hydrogen-bond acceptors (Lipinski definition) is 8. The number of hydrogen-bond donors (Lipinski definition) is 2. The Labute approximate surface area is 248 Å². The first kappa shape index (κ1) is 29.3. The highest BCUT2D eigenvalue weighted by Crippen LogP contribution is 2.33. The number of nitrogens with zero attached hydrogens (tertiary/aromatic N) is 3. The van der Waals surface area contributed by atoms with Gasteiger partial charge < -0.3 is 25.0 Å². The quantitative estimate of drug-likeness (QED) is 0.279. The molecule has 2 N–H and O–H groups in total. The van der Waals surface area contributed by atoms with Gasteiger partial charge in [0.25, 0.3) is 11.8 Å². The van der Waals surface area contributed by atoms with E-state index in [0.29, 0.717) is 33.9 Å². The van der Waals surface area contributed by atoms with Crippen LogP contribution in [0, 0.1) is 5.92 Å². The fourth-order valence-corrected chi connectivity index (χ4v) is 5.63. The van der Waals surface area contributed by atoms with Gasteiger partial charge in [-0.15, -0.1) is 16.4 Å². The number of aromatic nitrogens is 2. The summed E-state index contributed by atoms with van der Waals surface area (Å²) in [5.41, 5.74) is 1.77. The van der Waals surface area contributed by atoms with Crippen LogP contribution in [0.5, 0.6) is 0 Å². The Bertz CT molecular complexity index is 1570. The zero-order valence-corrected chi connectivity index (χ0v) is 25.0. The molecule has 2 aromatic carbocycles. The molecule has 0 unspecified atom stereocenters. The lowest BCUT2D eigenvalue weighted by Gasteiger charge is -2.28. The van der Waals surface area contributed by atoms with E-state index in [1.54, 1.807) is 18.2 Å². The standard InChI is InChI=1S/C31H35N5O5S/c1-20(2)19-41-30(39)36-29-24(18-25(42-29)28(38)33-31(3,4)22-8-6-5-7-9-22)26(34-36)32-27(37)21-10-12-23(13-11-21)35-14-16-40-17-15-35/h5-13,18,20H,14-17,19H2,1-4H3,(H,33,38)(H,32,34,37). The van der Waals surface area contributed by atoms with E-state index in [4.69, 9.17) is 9.47 Å². The minimum Gasteiger partial charge on any atom is -0.448 e. The van der Waals surface area contributed by atoms with E-state index >= 15 is 0 Å². The molecule has 1 fully saturated rings. The third-order valence-electron chi connectivity index (χ3n) is 6.96. The van der Waals surface area contributed by atoms with Gasteiger partial charge in [-0.25, -0.2) is 4.79 Å². The smallest absolute Gasteiger partial charge is 0.436 e. The number of benzene rings is 2. The first-order valence-electron chi connectivity index (χ1n) is 13.9. The Kier molecular flexibility index (Phi) is 8.60. The molecule has 1 aliphatic rings. The summed E-state index contributed by atoms with van der Waals surface area (Å²) in [6.07, 6.45) is -0.678. The summed E-state index contributed by atoms with van der Waals surface area (Å²) in [6.45, 7) is 10.9. The zero-order valence-electron chi connectivity index (χ0n) is 24.2. The van der Waals surface area contributed by atoms with Crippen molar-refractivity contribution in [3.8, 4) is 0 Å². The average molecular weight is 590 g/mol. The number of thiophene rings is 1. The Morgan fingerprint density at radius 3 is 2.38 bits per heavy atom. The number of fused-ring (bicyclic) bond motifs is 1. The molecule has 4 aromatic rings. The molecule has 0 bridgehead atoms. The van der Waals surface area contributed by atoms with Crippen molar-refractivity contribution in [2.45, 2.75) is 33.2 Å². The highest BCUT2D eigenvalue weighted by atomic mass is 32.1. The van der Waals surface area contributed by atoms with E-state index in [9.17, 15) is 14.4 Å². The molecule has 1 saturated heterocycles. The van der Waals surface area contributed by atoms with Gasteiger partial charge in [0.15, 0.2) is 5.82 Å². The second kappa shape index (κ2) is 12.3. The van der Waals surface area contributed by atoms with Gasteiger partial charge in [0.05, 0.1) is 35.6 Å². The summed E-state index contributed by atoms with van der Waals surface area (Å²) in [7, 11) is 0. The van der Waals surface area contributed by atoms with E-state index in [1.807, 2.05) is 70.2 Å². The van der Waals surface area contributed by atoms with Crippen molar-refractivity contribution >= 4 is 51.0 Å². The summed E-state index contributed by atoms with van der Waals surface area (Å²) >= 11 is 1.11. The molecule has 2 aromatic heterocycles. The van der Waals surface area contributed by atoms with Crippen LogP contribution in [0.15, 0.2) is 60.7 Å². The zero-order chi connectivity index (χ0) is 29.9. The van der Waals surface area contributed by atoms with Crippen LogP contribution in [0.1, 0.15) is 53.3 Å². The maximum atomic E-state index is 13.4. The van der Waals surface area contributed by atoms with Crippen LogP contribution < -0.4 is 15.5 Å². The van der Waals surface area contributed by atoms with Crippen LogP contribution in [0.2, 0.25) is 0 Å².